The van der Waals surface area contributed by atoms with Crippen LogP contribution in [-0.4, -0.2) is 28.2 Å². The summed E-state index contributed by atoms with van der Waals surface area (Å²) in [4.78, 5) is 0. The van der Waals surface area contributed by atoms with Crippen LogP contribution in [0.5, 0.6) is 0 Å². The molecule has 0 fully saturated rings. The fourth-order valence-electron chi connectivity index (χ4n) is 3.34. The molecule has 0 bridgehead atoms. The lowest BCUT2D eigenvalue weighted by molar-refractivity contribution is -0.00695. The summed E-state index contributed by atoms with van der Waals surface area (Å²) in [7, 11) is 0. The molecule has 1 aromatic heterocycles. The van der Waals surface area contributed by atoms with E-state index in [1.807, 2.05) is 4.68 Å². The van der Waals surface area contributed by atoms with Crippen molar-refractivity contribution in [3.63, 3.8) is 0 Å². The lowest BCUT2D eigenvalue weighted by atomic mass is 9.72. The summed E-state index contributed by atoms with van der Waals surface area (Å²) in [6.45, 7) is 27.3. The highest BCUT2D eigenvalue weighted by molar-refractivity contribution is 5.10. The van der Waals surface area contributed by atoms with Gasteiger partial charge in [0.05, 0.1) is 18.9 Å². The van der Waals surface area contributed by atoms with E-state index in [-0.39, 0.29) is 16.2 Å². The van der Waals surface area contributed by atoms with Gasteiger partial charge in [-0.1, -0.05) is 87.8 Å². The lowest BCUT2D eigenvalue weighted by Gasteiger charge is -2.33. The molecule has 0 saturated carbocycles. The molecule has 158 valence electrons. The largest absolute Gasteiger partial charge is 0.380 e. The third-order valence-corrected chi connectivity index (χ3v) is 6.23. The van der Waals surface area contributed by atoms with Crippen LogP contribution in [0.15, 0.2) is 6.20 Å². The molecule has 0 N–H and O–H groups in total. The fraction of sp³-hybridized carbons (Fsp3) is 0.913. The first-order chi connectivity index (χ1) is 12.1. The Bertz CT molecular complexity index is 582. The van der Waals surface area contributed by atoms with Crippen LogP contribution in [0, 0.1) is 22.2 Å². The standard InChI is InChI=1S/C23H45N3O/c1-12-20(4,5)14-22(8,9)19-13-26(25-24-19)15-21(6,7)16-27-17-23(10,11)18(2)3/h13,18H,12,14-17H2,1-11H3. The summed E-state index contributed by atoms with van der Waals surface area (Å²) in [5, 5.41) is 8.93. The highest BCUT2D eigenvalue weighted by Crippen LogP contribution is 2.37. The number of hydrogen-bond donors (Lipinski definition) is 0. The number of ether oxygens (including phenoxy) is 1. The van der Waals surface area contributed by atoms with Crippen LogP contribution in [0.25, 0.3) is 0 Å². The average molecular weight is 380 g/mol. The molecule has 0 aromatic carbocycles. The molecule has 1 heterocycles. The highest BCUT2D eigenvalue weighted by atomic mass is 16.5. The molecular formula is C23H45N3O. The molecule has 27 heavy (non-hydrogen) atoms. The van der Waals surface area contributed by atoms with Crippen molar-refractivity contribution >= 4 is 0 Å². The van der Waals surface area contributed by atoms with Crippen molar-refractivity contribution in [3.05, 3.63) is 11.9 Å². The Hall–Kier alpha value is -0.900. The van der Waals surface area contributed by atoms with Crippen molar-refractivity contribution in [2.45, 2.75) is 101 Å². The maximum Gasteiger partial charge on any atom is 0.0883 e. The van der Waals surface area contributed by atoms with E-state index < -0.39 is 0 Å². The number of aromatic nitrogens is 3. The molecule has 0 unspecified atom stereocenters. The molecule has 1 rings (SSSR count). The van der Waals surface area contributed by atoms with E-state index in [2.05, 4.69) is 92.7 Å². The summed E-state index contributed by atoms with van der Waals surface area (Å²) in [5.74, 6) is 0.605. The van der Waals surface area contributed by atoms with Gasteiger partial charge in [0.15, 0.2) is 0 Å². The SMILES string of the molecule is CCC(C)(C)CC(C)(C)c1cn(CC(C)(C)COCC(C)(C)C(C)C)nn1. The van der Waals surface area contributed by atoms with E-state index in [0.29, 0.717) is 11.3 Å². The van der Waals surface area contributed by atoms with Crippen LogP contribution in [-0.2, 0) is 16.7 Å². The molecule has 4 heteroatoms. The quantitative estimate of drug-likeness (QED) is 0.466. The Kier molecular flexibility index (Phi) is 7.72. The van der Waals surface area contributed by atoms with Gasteiger partial charge in [0.2, 0.25) is 0 Å². The van der Waals surface area contributed by atoms with Crippen molar-refractivity contribution in [1.29, 1.82) is 0 Å². The monoisotopic (exact) mass is 379 g/mol. The molecule has 1 aromatic rings. The second-order valence-corrected chi connectivity index (χ2v) is 11.7. The molecular weight excluding hydrogens is 334 g/mol. The molecule has 0 radical (unpaired) electrons. The van der Waals surface area contributed by atoms with Crippen LogP contribution < -0.4 is 0 Å². The number of hydrogen-bond acceptors (Lipinski definition) is 3. The predicted octanol–water partition coefficient (Wildman–Crippen LogP) is 6.11. The average Bonchev–Trinajstić information content (AvgIpc) is 2.94. The molecule has 0 aliphatic rings. The Morgan fingerprint density at radius 2 is 1.56 bits per heavy atom. The molecule has 0 aliphatic heterocycles. The molecule has 0 amide bonds. The van der Waals surface area contributed by atoms with Gasteiger partial charge >= 0.3 is 0 Å². The molecule has 0 saturated heterocycles. The van der Waals surface area contributed by atoms with Crippen LogP contribution in [0.2, 0.25) is 0 Å². The second kappa shape index (κ2) is 8.63. The maximum absolute atomic E-state index is 6.09. The Balaban J connectivity index is 2.69. The molecule has 0 aliphatic carbocycles. The summed E-state index contributed by atoms with van der Waals surface area (Å²) >= 11 is 0. The zero-order valence-electron chi connectivity index (χ0n) is 19.9. The zero-order valence-corrected chi connectivity index (χ0v) is 19.9. The third kappa shape index (κ3) is 7.56. The summed E-state index contributed by atoms with van der Waals surface area (Å²) in [5.41, 5.74) is 1.64. The van der Waals surface area contributed by atoms with Gasteiger partial charge in [-0.25, -0.2) is 0 Å². The Morgan fingerprint density at radius 3 is 2.07 bits per heavy atom. The smallest absolute Gasteiger partial charge is 0.0883 e. The summed E-state index contributed by atoms with van der Waals surface area (Å²) in [6.07, 6.45) is 4.40. The Labute approximate surface area is 168 Å². The maximum atomic E-state index is 6.09. The summed E-state index contributed by atoms with van der Waals surface area (Å²) < 4.78 is 8.08. The van der Waals surface area contributed by atoms with Crippen LogP contribution >= 0.6 is 0 Å². The first-order valence-electron chi connectivity index (χ1n) is 10.6. The summed E-state index contributed by atoms with van der Waals surface area (Å²) in [6, 6.07) is 0. The van der Waals surface area contributed by atoms with Crippen molar-refractivity contribution in [2.24, 2.45) is 22.2 Å². The minimum atomic E-state index is 0.0187. The van der Waals surface area contributed by atoms with Gasteiger partial charge in [0.25, 0.3) is 0 Å². The van der Waals surface area contributed by atoms with E-state index in [1.165, 1.54) is 6.42 Å². The first-order valence-corrected chi connectivity index (χ1v) is 10.6. The van der Waals surface area contributed by atoms with E-state index in [4.69, 9.17) is 4.74 Å². The molecule has 4 nitrogen and oxygen atoms in total. The van der Waals surface area contributed by atoms with Crippen LogP contribution in [0.1, 0.15) is 94.7 Å². The van der Waals surface area contributed by atoms with E-state index >= 15 is 0 Å². The number of rotatable bonds is 11. The Morgan fingerprint density at radius 1 is 0.963 bits per heavy atom. The van der Waals surface area contributed by atoms with E-state index in [1.54, 1.807) is 0 Å². The van der Waals surface area contributed by atoms with E-state index in [0.717, 1.165) is 31.9 Å². The predicted molar refractivity (Wildman–Crippen MR) is 115 cm³/mol. The topological polar surface area (TPSA) is 39.9 Å². The minimum Gasteiger partial charge on any atom is -0.380 e. The third-order valence-electron chi connectivity index (χ3n) is 6.23. The minimum absolute atomic E-state index is 0.0187. The highest BCUT2D eigenvalue weighted by Gasteiger charge is 2.32. The van der Waals surface area contributed by atoms with Crippen molar-refractivity contribution in [2.75, 3.05) is 13.2 Å². The fourth-order valence-corrected chi connectivity index (χ4v) is 3.34. The zero-order chi connectivity index (χ0) is 21.1. The second-order valence-electron chi connectivity index (χ2n) is 11.7. The van der Waals surface area contributed by atoms with Gasteiger partial charge < -0.3 is 4.74 Å². The van der Waals surface area contributed by atoms with Gasteiger partial charge in [0, 0.05) is 23.6 Å². The van der Waals surface area contributed by atoms with Crippen molar-refractivity contribution < 1.29 is 4.74 Å². The number of nitrogens with zero attached hydrogens (tertiary/aromatic N) is 3. The van der Waals surface area contributed by atoms with Crippen LogP contribution in [0.3, 0.4) is 0 Å². The normalized spacial score (nSPS) is 14.2. The lowest BCUT2D eigenvalue weighted by Crippen LogP contribution is -2.31. The van der Waals surface area contributed by atoms with Crippen molar-refractivity contribution in [1.82, 2.24) is 15.0 Å². The molecule has 0 spiro atoms. The van der Waals surface area contributed by atoms with Gasteiger partial charge in [0.1, 0.15) is 0 Å². The van der Waals surface area contributed by atoms with Crippen LogP contribution in [0.4, 0.5) is 0 Å². The van der Waals surface area contributed by atoms with E-state index in [9.17, 15) is 0 Å². The first kappa shape index (κ1) is 24.1. The van der Waals surface area contributed by atoms with Gasteiger partial charge in [-0.15, -0.1) is 5.10 Å². The van der Waals surface area contributed by atoms with Gasteiger partial charge in [-0.05, 0) is 23.2 Å². The van der Waals surface area contributed by atoms with Gasteiger partial charge in [-0.3, -0.25) is 4.68 Å². The van der Waals surface area contributed by atoms with Gasteiger partial charge in [-0.2, -0.15) is 0 Å². The van der Waals surface area contributed by atoms with Crippen molar-refractivity contribution in [3.8, 4) is 0 Å². The molecule has 0 atom stereocenters.